The summed E-state index contributed by atoms with van der Waals surface area (Å²) in [7, 11) is 1.69. The molecule has 0 aliphatic rings. The Balaban J connectivity index is 1.72. The Morgan fingerprint density at radius 2 is 1.96 bits per heavy atom. The maximum Gasteiger partial charge on any atom is 0.191 e. The quantitative estimate of drug-likeness (QED) is 0.329. The molecule has 0 radical (unpaired) electrons. The summed E-state index contributed by atoms with van der Waals surface area (Å²) in [5.74, 6) is 0.617. The number of nitrogens with one attached hydrogen (secondary N) is 2. The highest BCUT2D eigenvalue weighted by Gasteiger charge is 2.03. The zero-order chi connectivity index (χ0) is 16.5. The smallest absolute Gasteiger partial charge is 0.191 e. The molecule has 3 N–H and O–H groups in total. The molecule has 0 atom stereocenters. The number of thioether (sulfide) groups is 1. The molecule has 0 spiro atoms. The summed E-state index contributed by atoms with van der Waals surface area (Å²) >= 11 is 1.77. The van der Waals surface area contributed by atoms with Gasteiger partial charge in [0.15, 0.2) is 17.5 Å². The molecule has 0 unspecified atom stereocenters. The largest absolute Gasteiger partial charge is 0.505 e. The number of guanidine groups is 1. The van der Waals surface area contributed by atoms with Gasteiger partial charge in [0, 0.05) is 30.8 Å². The molecule has 23 heavy (non-hydrogen) atoms. The standard InChI is InChI=1S/C17H20FN3OS/c1-19-17(20-9-10-23-14-5-3-2-4-6-14)21-12-13-7-8-16(22)15(18)11-13/h2-8,11,22H,9-10,12H2,1H3,(H2,19,20,21). The summed E-state index contributed by atoms with van der Waals surface area (Å²) in [4.78, 5) is 5.36. The van der Waals surface area contributed by atoms with Gasteiger partial charge in [-0.1, -0.05) is 24.3 Å². The Morgan fingerprint density at radius 1 is 1.17 bits per heavy atom. The van der Waals surface area contributed by atoms with Crippen molar-refractivity contribution in [3.63, 3.8) is 0 Å². The van der Waals surface area contributed by atoms with Crippen molar-refractivity contribution >= 4 is 17.7 Å². The van der Waals surface area contributed by atoms with Crippen molar-refractivity contribution in [2.24, 2.45) is 4.99 Å². The fourth-order valence-electron chi connectivity index (χ4n) is 1.92. The van der Waals surface area contributed by atoms with E-state index in [0.717, 1.165) is 17.9 Å². The zero-order valence-electron chi connectivity index (χ0n) is 12.9. The van der Waals surface area contributed by atoms with Gasteiger partial charge in [0.1, 0.15) is 0 Å². The van der Waals surface area contributed by atoms with E-state index in [-0.39, 0.29) is 5.75 Å². The third kappa shape index (κ3) is 5.83. The van der Waals surface area contributed by atoms with Crippen molar-refractivity contribution in [1.29, 1.82) is 0 Å². The molecular formula is C17H20FN3OS. The molecule has 0 bridgehead atoms. The Morgan fingerprint density at radius 3 is 2.65 bits per heavy atom. The zero-order valence-corrected chi connectivity index (χ0v) is 13.7. The van der Waals surface area contributed by atoms with E-state index in [0.29, 0.717) is 12.5 Å². The van der Waals surface area contributed by atoms with Crippen molar-refractivity contribution in [1.82, 2.24) is 10.6 Å². The average molecular weight is 333 g/mol. The first kappa shape index (κ1) is 17.1. The van der Waals surface area contributed by atoms with Gasteiger partial charge >= 0.3 is 0 Å². The molecule has 0 saturated heterocycles. The lowest BCUT2D eigenvalue weighted by molar-refractivity contribution is 0.431. The summed E-state index contributed by atoms with van der Waals surface area (Å²) < 4.78 is 13.3. The van der Waals surface area contributed by atoms with Crippen LogP contribution in [-0.2, 0) is 6.54 Å². The molecule has 6 heteroatoms. The minimum absolute atomic E-state index is 0.339. The highest BCUT2D eigenvalue weighted by atomic mass is 32.2. The molecule has 122 valence electrons. The second-order valence-electron chi connectivity index (χ2n) is 4.80. The van der Waals surface area contributed by atoms with Gasteiger partial charge < -0.3 is 15.7 Å². The van der Waals surface area contributed by atoms with Crippen LogP contribution >= 0.6 is 11.8 Å². The van der Waals surface area contributed by atoms with Gasteiger partial charge in [0.2, 0.25) is 0 Å². The maximum atomic E-state index is 13.3. The number of phenolic OH excluding ortho intramolecular Hbond substituents is 1. The molecule has 0 heterocycles. The van der Waals surface area contributed by atoms with E-state index in [1.54, 1.807) is 24.9 Å². The Hall–Kier alpha value is -2.21. The van der Waals surface area contributed by atoms with Crippen LogP contribution in [0.2, 0.25) is 0 Å². The van der Waals surface area contributed by atoms with Crippen LogP contribution in [0.1, 0.15) is 5.56 Å². The number of benzene rings is 2. The summed E-state index contributed by atoms with van der Waals surface area (Å²) in [6, 6.07) is 14.5. The van der Waals surface area contributed by atoms with Gasteiger partial charge in [-0.2, -0.15) is 0 Å². The number of halogens is 1. The highest BCUT2D eigenvalue weighted by Crippen LogP contribution is 2.16. The van der Waals surface area contributed by atoms with Gasteiger partial charge in [-0.25, -0.2) is 4.39 Å². The monoisotopic (exact) mass is 333 g/mol. The van der Waals surface area contributed by atoms with Crippen LogP contribution in [0.5, 0.6) is 5.75 Å². The number of hydrogen-bond acceptors (Lipinski definition) is 3. The van der Waals surface area contributed by atoms with Crippen molar-refractivity contribution in [2.45, 2.75) is 11.4 Å². The van der Waals surface area contributed by atoms with E-state index in [1.807, 2.05) is 18.2 Å². The van der Waals surface area contributed by atoms with Gasteiger partial charge in [-0.3, -0.25) is 4.99 Å². The first-order valence-corrected chi connectivity index (χ1v) is 8.27. The first-order chi connectivity index (χ1) is 11.2. The van der Waals surface area contributed by atoms with Crippen LogP contribution in [0.4, 0.5) is 4.39 Å². The third-order valence-corrected chi connectivity index (χ3v) is 4.12. The van der Waals surface area contributed by atoms with Crippen molar-refractivity contribution in [2.75, 3.05) is 19.3 Å². The lowest BCUT2D eigenvalue weighted by Crippen LogP contribution is -2.37. The number of hydrogen-bond donors (Lipinski definition) is 3. The molecule has 2 aromatic rings. The minimum Gasteiger partial charge on any atom is -0.505 e. The van der Waals surface area contributed by atoms with Crippen LogP contribution in [0.25, 0.3) is 0 Å². The van der Waals surface area contributed by atoms with Crippen molar-refractivity contribution < 1.29 is 9.50 Å². The van der Waals surface area contributed by atoms with Crippen molar-refractivity contribution in [3.8, 4) is 5.75 Å². The van der Waals surface area contributed by atoms with E-state index >= 15 is 0 Å². The Labute approximate surface area is 139 Å². The molecule has 0 aliphatic heterocycles. The number of aromatic hydroxyl groups is 1. The van der Waals surface area contributed by atoms with Gasteiger partial charge in [-0.05, 0) is 29.8 Å². The van der Waals surface area contributed by atoms with E-state index in [9.17, 15) is 9.50 Å². The van der Waals surface area contributed by atoms with Crippen molar-refractivity contribution in [3.05, 3.63) is 59.9 Å². The SMILES string of the molecule is CN=C(NCCSc1ccccc1)NCc1ccc(O)c(F)c1. The summed E-state index contributed by atoms with van der Waals surface area (Å²) in [5, 5.41) is 15.5. The first-order valence-electron chi connectivity index (χ1n) is 7.29. The van der Waals surface area contributed by atoms with E-state index in [2.05, 4.69) is 27.8 Å². The molecule has 0 saturated carbocycles. The molecule has 0 amide bonds. The van der Waals surface area contributed by atoms with E-state index < -0.39 is 5.82 Å². The van der Waals surface area contributed by atoms with Crippen LogP contribution < -0.4 is 10.6 Å². The average Bonchev–Trinajstić information content (AvgIpc) is 2.58. The summed E-state index contributed by atoms with van der Waals surface area (Å²) in [5.41, 5.74) is 0.738. The number of nitrogens with zero attached hydrogens (tertiary/aromatic N) is 1. The third-order valence-electron chi connectivity index (χ3n) is 3.10. The molecular weight excluding hydrogens is 313 g/mol. The predicted octanol–water partition coefficient (Wildman–Crippen LogP) is 2.99. The van der Waals surface area contributed by atoms with Crippen LogP contribution in [0.3, 0.4) is 0 Å². The van der Waals surface area contributed by atoms with Gasteiger partial charge in [0.25, 0.3) is 0 Å². The number of rotatable bonds is 6. The highest BCUT2D eigenvalue weighted by molar-refractivity contribution is 7.99. The fourth-order valence-corrected chi connectivity index (χ4v) is 2.71. The van der Waals surface area contributed by atoms with Gasteiger partial charge in [-0.15, -0.1) is 11.8 Å². The molecule has 0 aromatic heterocycles. The topological polar surface area (TPSA) is 56.7 Å². The maximum absolute atomic E-state index is 13.3. The lowest BCUT2D eigenvalue weighted by atomic mass is 10.2. The Kier molecular flexibility index (Phi) is 6.75. The van der Waals surface area contributed by atoms with E-state index in [4.69, 9.17) is 0 Å². The fraction of sp³-hybridized carbons (Fsp3) is 0.235. The van der Waals surface area contributed by atoms with Gasteiger partial charge in [0.05, 0.1) is 0 Å². The minimum atomic E-state index is -0.619. The summed E-state index contributed by atoms with van der Waals surface area (Å²) in [6.45, 7) is 1.20. The lowest BCUT2D eigenvalue weighted by Gasteiger charge is -2.12. The number of aliphatic imine (C=N–C) groups is 1. The second kappa shape index (κ2) is 9.05. The molecule has 4 nitrogen and oxygen atoms in total. The molecule has 0 fully saturated rings. The molecule has 2 rings (SSSR count). The van der Waals surface area contributed by atoms with E-state index in [1.165, 1.54) is 17.0 Å². The van der Waals surface area contributed by atoms with Crippen LogP contribution in [0, 0.1) is 5.82 Å². The molecule has 0 aliphatic carbocycles. The second-order valence-corrected chi connectivity index (χ2v) is 5.97. The number of phenols is 1. The molecule has 2 aromatic carbocycles. The van der Waals surface area contributed by atoms with Crippen LogP contribution in [-0.4, -0.2) is 30.4 Å². The summed E-state index contributed by atoms with van der Waals surface area (Å²) in [6.07, 6.45) is 0. The normalized spacial score (nSPS) is 11.3. The Bertz CT molecular complexity index is 650. The van der Waals surface area contributed by atoms with Crippen LogP contribution in [0.15, 0.2) is 58.4 Å². The predicted molar refractivity (Wildman–Crippen MR) is 93.4 cm³/mol.